The Morgan fingerprint density at radius 3 is 2.51 bits per heavy atom. The molecule has 43 heavy (non-hydrogen) atoms. The van der Waals surface area contributed by atoms with E-state index in [9.17, 15) is 13.6 Å². The van der Waals surface area contributed by atoms with Gasteiger partial charge in [0.2, 0.25) is 11.9 Å². The molecule has 1 unspecified atom stereocenters. The number of amides is 1. The topological polar surface area (TPSA) is 138 Å². The number of aromatic nitrogens is 2. The number of hydrogen-bond acceptors (Lipinski definition) is 10. The summed E-state index contributed by atoms with van der Waals surface area (Å²) in [6, 6.07) is 13.8. The van der Waals surface area contributed by atoms with Crippen LogP contribution < -0.4 is 25.0 Å². The van der Waals surface area contributed by atoms with Crippen LogP contribution in [0.2, 0.25) is 5.02 Å². The molecule has 5 rings (SSSR count). The van der Waals surface area contributed by atoms with Gasteiger partial charge in [0.1, 0.15) is 10.8 Å². The SMILES string of the molecule is COc1cc(N2CCN(C3CCN(C(C)=O)CC3)CC2)ccc1Nc1ncc(Cl)c(Nc2ccccc2CNS(=O)[O-])n1. The van der Waals surface area contributed by atoms with Crippen LogP contribution >= 0.6 is 11.6 Å². The van der Waals surface area contributed by atoms with Gasteiger partial charge < -0.3 is 29.7 Å². The maximum absolute atomic E-state index is 11.7. The number of methoxy groups -OCH3 is 1. The van der Waals surface area contributed by atoms with Gasteiger partial charge in [-0.3, -0.25) is 13.9 Å². The number of piperazine rings is 1. The van der Waals surface area contributed by atoms with Crippen molar-refractivity contribution < 1.29 is 18.3 Å². The molecule has 2 aromatic carbocycles. The number of benzene rings is 2. The molecule has 0 aliphatic carbocycles. The molecular weight excluding hydrogens is 592 g/mol. The first-order valence-corrected chi connectivity index (χ1v) is 15.7. The van der Waals surface area contributed by atoms with Gasteiger partial charge in [0.05, 0.1) is 19.0 Å². The molecule has 3 heterocycles. The van der Waals surface area contributed by atoms with E-state index in [0.29, 0.717) is 40.0 Å². The molecule has 1 amide bonds. The number of rotatable bonds is 10. The number of carbonyl (C=O) groups excluding carboxylic acids is 1. The Hall–Kier alpha value is -3.49. The highest BCUT2D eigenvalue weighted by Crippen LogP contribution is 2.33. The summed E-state index contributed by atoms with van der Waals surface area (Å²) in [5.41, 5.74) is 3.18. The van der Waals surface area contributed by atoms with Crippen LogP contribution in [0, 0.1) is 0 Å². The molecule has 230 valence electrons. The minimum atomic E-state index is -2.38. The van der Waals surface area contributed by atoms with Crippen molar-refractivity contribution in [2.45, 2.75) is 32.4 Å². The standard InChI is InChI=1S/C29H37ClN8O4S/c1-20(39)36-11-9-22(10-12-36)37-13-15-38(16-14-37)23-7-8-26(27(17-23)42-2)34-29-31-19-24(30)28(35-29)33-25-6-4-3-5-21(25)18-32-43(40)41/h3-8,17,19,22,32H,9-16,18H2,1-2H3,(H,40,41)(H2,31,33,34,35)/p-1. The van der Waals surface area contributed by atoms with Gasteiger partial charge in [0, 0.05) is 87.5 Å². The zero-order chi connectivity index (χ0) is 30.3. The van der Waals surface area contributed by atoms with Crippen LogP contribution in [0.1, 0.15) is 25.3 Å². The molecule has 12 nitrogen and oxygen atoms in total. The van der Waals surface area contributed by atoms with Crippen molar-refractivity contribution in [2.75, 3.05) is 61.9 Å². The van der Waals surface area contributed by atoms with E-state index in [4.69, 9.17) is 16.3 Å². The number of carbonyl (C=O) groups is 1. The molecule has 2 aliphatic rings. The fourth-order valence-electron chi connectivity index (χ4n) is 5.57. The van der Waals surface area contributed by atoms with Gasteiger partial charge in [0.25, 0.3) is 0 Å². The monoisotopic (exact) mass is 627 g/mol. The maximum atomic E-state index is 11.7. The zero-order valence-corrected chi connectivity index (χ0v) is 25.8. The van der Waals surface area contributed by atoms with Crippen LogP contribution in [0.5, 0.6) is 5.75 Å². The number of hydrogen-bond donors (Lipinski definition) is 3. The van der Waals surface area contributed by atoms with E-state index in [1.165, 1.54) is 6.20 Å². The van der Waals surface area contributed by atoms with Crippen molar-refractivity contribution in [1.82, 2.24) is 24.5 Å². The highest BCUT2D eigenvalue weighted by atomic mass is 35.5. The minimum absolute atomic E-state index is 0.117. The van der Waals surface area contributed by atoms with Crippen LogP contribution in [0.25, 0.3) is 0 Å². The molecule has 0 radical (unpaired) electrons. The largest absolute Gasteiger partial charge is 0.760 e. The minimum Gasteiger partial charge on any atom is -0.760 e. The number of anilines is 5. The summed E-state index contributed by atoms with van der Waals surface area (Å²) in [6.07, 6.45) is 3.56. The van der Waals surface area contributed by atoms with E-state index >= 15 is 0 Å². The van der Waals surface area contributed by atoms with E-state index < -0.39 is 11.3 Å². The van der Waals surface area contributed by atoms with Crippen LogP contribution in [0.4, 0.5) is 28.8 Å². The smallest absolute Gasteiger partial charge is 0.229 e. The third-order valence-electron chi connectivity index (χ3n) is 7.93. The Kier molecular flexibility index (Phi) is 10.3. The Bertz CT molecular complexity index is 1450. The predicted octanol–water partition coefficient (Wildman–Crippen LogP) is 3.64. The van der Waals surface area contributed by atoms with Gasteiger partial charge >= 0.3 is 0 Å². The molecule has 3 aromatic rings. The van der Waals surface area contributed by atoms with E-state index in [2.05, 4.69) is 41.2 Å². The Labute approximate surface area is 259 Å². The van der Waals surface area contributed by atoms with E-state index in [1.54, 1.807) is 14.0 Å². The molecule has 2 fully saturated rings. The van der Waals surface area contributed by atoms with Crippen LogP contribution in [0.15, 0.2) is 48.7 Å². The third kappa shape index (κ3) is 7.92. The van der Waals surface area contributed by atoms with Crippen LogP contribution in [0.3, 0.4) is 0 Å². The van der Waals surface area contributed by atoms with Crippen molar-refractivity contribution in [2.24, 2.45) is 0 Å². The fraction of sp³-hybridized carbons (Fsp3) is 0.414. The molecular formula is C29H36ClN8O4S-. The quantitative estimate of drug-likeness (QED) is 0.286. The third-order valence-corrected chi connectivity index (χ3v) is 8.59. The zero-order valence-electron chi connectivity index (χ0n) is 24.2. The first-order chi connectivity index (χ1) is 20.8. The molecule has 3 N–H and O–H groups in total. The summed E-state index contributed by atoms with van der Waals surface area (Å²) in [4.78, 5) is 27.4. The van der Waals surface area contributed by atoms with E-state index in [0.717, 1.165) is 63.4 Å². The van der Waals surface area contributed by atoms with E-state index in [1.807, 2.05) is 41.3 Å². The molecule has 0 bridgehead atoms. The Balaban J connectivity index is 1.22. The number of para-hydroxylation sites is 1. The van der Waals surface area contributed by atoms with Crippen LogP contribution in [-0.2, 0) is 22.6 Å². The first kappa shape index (κ1) is 31.0. The molecule has 0 spiro atoms. The lowest BCUT2D eigenvalue weighted by Crippen LogP contribution is -2.53. The Morgan fingerprint density at radius 2 is 1.81 bits per heavy atom. The van der Waals surface area contributed by atoms with Crippen LogP contribution in [-0.4, -0.2) is 86.9 Å². The van der Waals surface area contributed by atoms with Gasteiger partial charge in [0.15, 0.2) is 5.82 Å². The van der Waals surface area contributed by atoms with Gasteiger partial charge in [-0.2, -0.15) is 4.98 Å². The number of piperidine rings is 1. The fourth-order valence-corrected chi connectivity index (χ4v) is 5.98. The number of nitrogens with one attached hydrogen (secondary N) is 3. The summed E-state index contributed by atoms with van der Waals surface area (Å²) in [5.74, 6) is 1.52. The highest BCUT2D eigenvalue weighted by molar-refractivity contribution is 7.77. The van der Waals surface area contributed by atoms with Gasteiger partial charge in [-0.05, 0) is 36.6 Å². The molecule has 2 saturated heterocycles. The molecule has 2 aliphatic heterocycles. The number of nitrogens with zero attached hydrogens (tertiary/aromatic N) is 5. The normalized spacial score (nSPS) is 17.0. The van der Waals surface area contributed by atoms with Crippen molar-refractivity contribution >= 4 is 57.6 Å². The number of ether oxygens (including phenoxy) is 1. The maximum Gasteiger partial charge on any atom is 0.229 e. The summed E-state index contributed by atoms with van der Waals surface area (Å²) in [6.45, 7) is 7.25. The summed E-state index contributed by atoms with van der Waals surface area (Å²) in [7, 11) is 1.63. The average Bonchev–Trinajstić information content (AvgIpc) is 3.02. The average molecular weight is 628 g/mol. The molecule has 0 saturated carbocycles. The summed E-state index contributed by atoms with van der Waals surface area (Å²) in [5, 5.41) is 6.72. The second-order valence-electron chi connectivity index (χ2n) is 10.5. The lowest BCUT2D eigenvalue weighted by atomic mass is 10.0. The van der Waals surface area contributed by atoms with Crippen molar-refractivity contribution in [3.05, 3.63) is 59.2 Å². The number of halogens is 1. The summed E-state index contributed by atoms with van der Waals surface area (Å²) >= 11 is 4.01. The lowest BCUT2D eigenvalue weighted by Gasteiger charge is -2.43. The second-order valence-corrected chi connectivity index (χ2v) is 11.7. The number of likely N-dealkylation sites (tertiary alicyclic amines) is 1. The predicted molar refractivity (Wildman–Crippen MR) is 168 cm³/mol. The lowest BCUT2D eigenvalue weighted by molar-refractivity contribution is -0.130. The highest BCUT2D eigenvalue weighted by Gasteiger charge is 2.28. The van der Waals surface area contributed by atoms with E-state index in [-0.39, 0.29) is 12.5 Å². The summed E-state index contributed by atoms with van der Waals surface area (Å²) < 4.78 is 30.0. The van der Waals surface area contributed by atoms with Crippen molar-refractivity contribution in [3.8, 4) is 5.75 Å². The van der Waals surface area contributed by atoms with Crippen molar-refractivity contribution in [1.29, 1.82) is 0 Å². The van der Waals surface area contributed by atoms with Gasteiger partial charge in [-0.1, -0.05) is 29.8 Å². The van der Waals surface area contributed by atoms with Gasteiger partial charge in [-0.25, -0.2) is 9.71 Å². The molecule has 14 heteroatoms. The first-order valence-electron chi connectivity index (χ1n) is 14.2. The second kappa shape index (κ2) is 14.3. The van der Waals surface area contributed by atoms with Gasteiger partial charge in [-0.15, -0.1) is 0 Å². The molecule has 1 aromatic heterocycles. The molecule has 1 atom stereocenters. The Morgan fingerprint density at radius 1 is 1.07 bits per heavy atom. The van der Waals surface area contributed by atoms with Crippen molar-refractivity contribution in [3.63, 3.8) is 0 Å².